The maximum absolute atomic E-state index is 14.6. The fraction of sp³-hybridized carbons (Fsp3) is 0.200. The van der Waals surface area contributed by atoms with Crippen molar-refractivity contribution in [2.45, 2.75) is 28.4 Å². The number of benzene rings is 2. The molecule has 1 amide bonds. The SMILES string of the molecule is O=C(c1ccc2cccnc2c1)N(O)c1c(I)cc(C(F)(C(F)(F)F)C(F)(F)F)cc1S(=O)C(F)(F)F. The van der Waals surface area contributed by atoms with Crippen LogP contribution in [0.3, 0.4) is 0 Å². The highest BCUT2D eigenvalue weighted by molar-refractivity contribution is 14.1. The van der Waals surface area contributed by atoms with Crippen molar-refractivity contribution in [2.75, 3.05) is 5.06 Å². The highest BCUT2D eigenvalue weighted by atomic mass is 127. The van der Waals surface area contributed by atoms with E-state index >= 15 is 0 Å². The number of amides is 1. The Morgan fingerprint density at radius 3 is 2.05 bits per heavy atom. The largest absolute Gasteiger partial charge is 0.475 e. The van der Waals surface area contributed by atoms with Gasteiger partial charge in [-0.1, -0.05) is 12.1 Å². The molecule has 3 rings (SSSR count). The summed E-state index contributed by atoms with van der Waals surface area (Å²) in [6, 6.07) is 5.87. The van der Waals surface area contributed by atoms with E-state index < -0.39 is 76.6 Å². The van der Waals surface area contributed by atoms with Crippen LogP contribution in [0.2, 0.25) is 0 Å². The maximum Gasteiger partial charge on any atom is 0.475 e. The fourth-order valence-corrected chi connectivity index (χ4v) is 5.05. The molecule has 0 spiro atoms. The number of hydroxylamine groups is 1. The molecule has 1 aromatic heterocycles. The number of aromatic nitrogens is 1. The molecule has 0 radical (unpaired) electrons. The number of fused-ring (bicyclic) bond motifs is 1. The molecule has 1 N–H and O–H groups in total. The summed E-state index contributed by atoms with van der Waals surface area (Å²) in [7, 11) is -4.41. The molecular formula is C20H9F10IN2O3S. The van der Waals surface area contributed by atoms with Crippen molar-refractivity contribution in [3.63, 3.8) is 0 Å². The lowest BCUT2D eigenvalue weighted by Gasteiger charge is -2.31. The number of anilines is 1. The van der Waals surface area contributed by atoms with E-state index in [-0.39, 0.29) is 11.6 Å². The number of carbonyl (C=O) groups excluding carboxylic acids is 1. The second-order valence-electron chi connectivity index (χ2n) is 7.20. The van der Waals surface area contributed by atoms with Crippen LogP contribution in [0.15, 0.2) is 53.6 Å². The van der Waals surface area contributed by atoms with Crippen molar-refractivity contribution in [1.82, 2.24) is 4.98 Å². The van der Waals surface area contributed by atoms with Crippen LogP contribution in [0, 0.1) is 3.57 Å². The quantitative estimate of drug-likeness (QED) is 0.143. The van der Waals surface area contributed by atoms with Crippen LogP contribution in [-0.4, -0.2) is 38.2 Å². The number of nitrogens with zero attached hydrogens (tertiary/aromatic N) is 2. The van der Waals surface area contributed by atoms with E-state index in [1.54, 1.807) is 6.07 Å². The van der Waals surface area contributed by atoms with E-state index in [0.717, 1.165) is 34.7 Å². The first-order valence-corrected chi connectivity index (χ1v) is 11.6. The smallest absolute Gasteiger partial charge is 0.281 e. The Bertz CT molecular complexity index is 1380. The van der Waals surface area contributed by atoms with Gasteiger partial charge in [-0.25, -0.2) is 8.60 Å². The molecule has 0 saturated heterocycles. The number of rotatable bonds is 4. The standard InChI is InChI=1S/C20H9F10IN2O3S/c21-17(18(22,23)24,19(25,26)27)11-7-12(31)15(14(8-11)37(36)20(28,29)30)33(35)16(34)10-4-3-9-2-1-5-32-13(9)6-10/h1-8,35H. The summed E-state index contributed by atoms with van der Waals surface area (Å²) in [6.07, 6.45) is -12.1. The van der Waals surface area contributed by atoms with Crippen molar-refractivity contribution in [1.29, 1.82) is 0 Å². The maximum atomic E-state index is 14.6. The van der Waals surface area contributed by atoms with Gasteiger partial charge in [0.25, 0.3) is 5.91 Å². The zero-order valence-electron chi connectivity index (χ0n) is 17.3. The number of hydrogen-bond acceptors (Lipinski definition) is 4. The van der Waals surface area contributed by atoms with E-state index in [4.69, 9.17) is 0 Å². The lowest BCUT2D eigenvalue weighted by molar-refractivity contribution is -0.348. The zero-order valence-corrected chi connectivity index (χ0v) is 20.3. The third kappa shape index (κ3) is 5.25. The Hall–Kier alpha value is -2.54. The second kappa shape index (κ2) is 9.64. The van der Waals surface area contributed by atoms with Crippen LogP contribution in [0.5, 0.6) is 0 Å². The van der Waals surface area contributed by atoms with Crippen LogP contribution in [0.25, 0.3) is 10.9 Å². The topological polar surface area (TPSA) is 70.5 Å². The van der Waals surface area contributed by atoms with E-state index in [9.17, 15) is 58.1 Å². The number of pyridine rings is 1. The van der Waals surface area contributed by atoms with Gasteiger partial charge >= 0.3 is 23.5 Å². The Labute approximate surface area is 215 Å². The Kier molecular flexibility index (Phi) is 7.57. The van der Waals surface area contributed by atoms with Gasteiger partial charge in [0.1, 0.15) is 5.69 Å². The van der Waals surface area contributed by atoms with Gasteiger partial charge in [0, 0.05) is 26.3 Å². The summed E-state index contributed by atoms with van der Waals surface area (Å²) in [6.45, 7) is 0. The van der Waals surface area contributed by atoms with Gasteiger partial charge < -0.3 is 0 Å². The Balaban J connectivity index is 2.26. The third-order valence-corrected chi connectivity index (χ3v) is 6.83. The normalized spacial score (nSPS) is 14.1. The minimum absolute atomic E-state index is 0.160. The minimum Gasteiger partial charge on any atom is -0.281 e. The summed E-state index contributed by atoms with van der Waals surface area (Å²) in [4.78, 5) is 14.8. The molecule has 1 unspecified atom stereocenters. The van der Waals surface area contributed by atoms with Gasteiger partial charge in [0.2, 0.25) is 0 Å². The number of halogens is 11. The summed E-state index contributed by atoms with van der Waals surface area (Å²) in [5.74, 6) is -1.50. The molecule has 1 atom stereocenters. The first-order chi connectivity index (χ1) is 16.8. The van der Waals surface area contributed by atoms with Gasteiger partial charge in [0.05, 0.1) is 10.4 Å². The molecule has 0 fully saturated rings. The number of hydrogen-bond donors (Lipinski definition) is 1. The van der Waals surface area contributed by atoms with Crippen molar-refractivity contribution in [3.8, 4) is 0 Å². The molecule has 200 valence electrons. The molecule has 0 aliphatic carbocycles. The monoisotopic (exact) mass is 674 g/mol. The predicted octanol–water partition coefficient (Wildman–Crippen LogP) is 6.79. The summed E-state index contributed by atoms with van der Waals surface area (Å²) < 4.78 is 145. The van der Waals surface area contributed by atoms with Gasteiger partial charge in [-0.3, -0.25) is 15.0 Å². The zero-order chi connectivity index (χ0) is 28.1. The van der Waals surface area contributed by atoms with Crippen LogP contribution in [0.1, 0.15) is 15.9 Å². The predicted molar refractivity (Wildman–Crippen MR) is 117 cm³/mol. The van der Waals surface area contributed by atoms with E-state index in [0.29, 0.717) is 5.39 Å². The summed E-state index contributed by atoms with van der Waals surface area (Å²) >= 11 is 0.882. The lowest BCUT2D eigenvalue weighted by Crippen LogP contribution is -2.50. The van der Waals surface area contributed by atoms with Crippen LogP contribution >= 0.6 is 22.6 Å². The molecule has 3 aromatic rings. The fourth-order valence-electron chi connectivity index (χ4n) is 3.16. The molecule has 0 aliphatic rings. The van der Waals surface area contributed by atoms with Crippen molar-refractivity contribution >= 4 is 55.9 Å². The van der Waals surface area contributed by atoms with Gasteiger partial charge in [-0.15, -0.1) is 0 Å². The third-order valence-electron chi connectivity index (χ3n) is 4.87. The molecule has 37 heavy (non-hydrogen) atoms. The highest BCUT2D eigenvalue weighted by Crippen LogP contribution is 2.54. The van der Waals surface area contributed by atoms with Gasteiger partial charge in [-0.2, -0.15) is 44.6 Å². The van der Waals surface area contributed by atoms with Gasteiger partial charge in [0.15, 0.2) is 10.8 Å². The molecule has 1 heterocycles. The average Bonchev–Trinajstić information content (AvgIpc) is 2.79. The minimum atomic E-state index is -6.69. The second-order valence-corrected chi connectivity index (χ2v) is 9.80. The molecular weight excluding hydrogens is 665 g/mol. The molecule has 0 saturated carbocycles. The highest BCUT2D eigenvalue weighted by Gasteiger charge is 2.73. The Morgan fingerprint density at radius 1 is 0.919 bits per heavy atom. The molecule has 17 heteroatoms. The molecule has 2 aromatic carbocycles. The first-order valence-electron chi connectivity index (χ1n) is 9.33. The summed E-state index contributed by atoms with van der Waals surface area (Å²) in [5, 5.41) is 10.4. The first kappa shape index (κ1) is 29.0. The van der Waals surface area contributed by atoms with Crippen LogP contribution < -0.4 is 5.06 Å². The Morgan fingerprint density at radius 2 is 1.51 bits per heavy atom. The van der Waals surface area contributed by atoms with Crippen LogP contribution in [-0.2, 0) is 16.5 Å². The van der Waals surface area contributed by atoms with Crippen LogP contribution in [0.4, 0.5) is 49.6 Å². The number of carbonyl (C=O) groups is 1. The van der Waals surface area contributed by atoms with Crippen molar-refractivity contribution in [2.24, 2.45) is 0 Å². The van der Waals surface area contributed by atoms with Gasteiger partial charge in [-0.05, 0) is 52.9 Å². The van der Waals surface area contributed by atoms with E-state index in [2.05, 4.69) is 4.98 Å². The van der Waals surface area contributed by atoms with Crippen molar-refractivity contribution in [3.05, 3.63) is 63.4 Å². The average molecular weight is 674 g/mol. The van der Waals surface area contributed by atoms with Crippen molar-refractivity contribution < 1.29 is 58.1 Å². The van der Waals surface area contributed by atoms with E-state index in [1.807, 2.05) is 0 Å². The summed E-state index contributed by atoms with van der Waals surface area (Å²) in [5.41, 5.74) is -15.9. The molecule has 5 nitrogen and oxygen atoms in total. The molecule has 0 aliphatic heterocycles. The lowest BCUT2D eigenvalue weighted by atomic mass is 9.94. The van der Waals surface area contributed by atoms with E-state index in [1.165, 1.54) is 18.3 Å². The molecule has 0 bridgehead atoms. The number of alkyl halides is 10.